The van der Waals surface area contributed by atoms with Crippen LogP contribution in [-0.2, 0) is 14.9 Å². The molecule has 0 saturated carbocycles. The molecule has 1 atom stereocenters. The Labute approximate surface area is 126 Å². The van der Waals surface area contributed by atoms with E-state index in [1.54, 1.807) is 19.2 Å². The first-order valence-electron chi connectivity index (χ1n) is 6.89. The fourth-order valence-corrected chi connectivity index (χ4v) is 3.11. The van der Waals surface area contributed by atoms with Gasteiger partial charge in [0.1, 0.15) is 5.82 Å². The molecule has 0 saturated heterocycles. The van der Waals surface area contributed by atoms with Gasteiger partial charge in [-0.2, -0.15) is 8.42 Å². The summed E-state index contributed by atoms with van der Waals surface area (Å²) in [6.45, 7) is 4.05. The normalized spacial score (nSPS) is 14.1. The van der Waals surface area contributed by atoms with Crippen molar-refractivity contribution in [2.45, 2.75) is 39.2 Å². The molecule has 0 amide bonds. The van der Waals surface area contributed by atoms with Gasteiger partial charge in [0, 0.05) is 7.11 Å². The molecule has 0 fully saturated rings. The molecule has 0 radical (unpaired) electrons. The smallest absolute Gasteiger partial charge is 0.264 e. The third-order valence-electron chi connectivity index (χ3n) is 3.59. The van der Waals surface area contributed by atoms with Crippen LogP contribution in [0.15, 0.2) is 24.3 Å². The Bertz CT molecular complexity index is 537. The van der Waals surface area contributed by atoms with E-state index in [1.807, 2.05) is 13.8 Å². The lowest BCUT2D eigenvalue weighted by Gasteiger charge is -2.34. The van der Waals surface area contributed by atoms with E-state index in [9.17, 15) is 12.8 Å². The predicted octanol–water partition coefficient (Wildman–Crippen LogP) is 3.60. The van der Waals surface area contributed by atoms with Crippen LogP contribution in [0.25, 0.3) is 0 Å². The van der Waals surface area contributed by atoms with Crippen molar-refractivity contribution < 1.29 is 22.1 Å². The lowest BCUT2D eigenvalue weighted by Crippen LogP contribution is -2.24. The van der Waals surface area contributed by atoms with E-state index in [2.05, 4.69) is 0 Å². The Morgan fingerprint density at radius 2 is 1.81 bits per heavy atom. The highest BCUT2D eigenvalue weighted by Gasteiger charge is 2.30. The fraction of sp³-hybridized carbons (Fsp3) is 0.600. The van der Waals surface area contributed by atoms with Gasteiger partial charge in [0.25, 0.3) is 10.1 Å². The van der Waals surface area contributed by atoms with Crippen LogP contribution in [-0.4, -0.2) is 25.8 Å². The fourth-order valence-electron chi connectivity index (χ4n) is 2.54. The minimum atomic E-state index is -3.90. The first-order valence-corrected chi connectivity index (χ1v) is 8.50. The second-order valence-electron chi connectivity index (χ2n) is 5.90. The van der Waals surface area contributed by atoms with Gasteiger partial charge in [0.2, 0.25) is 0 Å². The van der Waals surface area contributed by atoms with Crippen LogP contribution in [0, 0.1) is 11.2 Å². The molecule has 1 rings (SSSR count). The molecule has 4 nitrogen and oxygen atoms in total. The molecule has 1 aromatic rings. The van der Waals surface area contributed by atoms with Crippen LogP contribution >= 0.6 is 0 Å². The van der Waals surface area contributed by atoms with E-state index in [-0.39, 0.29) is 23.1 Å². The molecule has 0 aliphatic carbocycles. The number of unbranched alkanes of at least 4 members (excludes halogenated alkanes) is 1. The summed E-state index contributed by atoms with van der Waals surface area (Å²) in [7, 11) is -2.29. The van der Waals surface area contributed by atoms with Crippen molar-refractivity contribution in [2.24, 2.45) is 5.41 Å². The molecule has 0 aromatic heterocycles. The number of hydrogen-bond acceptors (Lipinski definition) is 3. The van der Waals surface area contributed by atoms with Crippen LogP contribution in [0.3, 0.4) is 0 Å². The molecule has 6 heteroatoms. The molecular weight excluding hydrogens is 295 g/mol. The number of benzene rings is 1. The first kappa shape index (κ1) is 18.1. The minimum absolute atomic E-state index is 0.205. The molecule has 0 spiro atoms. The number of rotatable bonds is 8. The van der Waals surface area contributed by atoms with E-state index in [0.29, 0.717) is 12.8 Å². The molecule has 0 aliphatic rings. The number of ether oxygens (including phenoxy) is 1. The highest BCUT2D eigenvalue weighted by Crippen LogP contribution is 2.40. The summed E-state index contributed by atoms with van der Waals surface area (Å²) >= 11 is 0. The molecule has 0 aliphatic heterocycles. The van der Waals surface area contributed by atoms with Crippen molar-refractivity contribution in [3.05, 3.63) is 35.6 Å². The third-order valence-corrected chi connectivity index (χ3v) is 4.40. The third kappa shape index (κ3) is 6.11. The van der Waals surface area contributed by atoms with E-state index in [0.717, 1.165) is 12.0 Å². The predicted molar refractivity (Wildman–Crippen MR) is 80.2 cm³/mol. The summed E-state index contributed by atoms with van der Waals surface area (Å²) in [6, 6.07) is 6.19. The Morgan fingerprint density at radius 1 is 1.24 bits per heavy atom. The van der Waals surface area contributed by atoms with E-state index >= 15 is 0 Å². The Morgan fingerprint density at radius 3 is 2.29 bits per heavy atom. The average molecular weight is 318 g/mol. The average Bonchev–Trinajstić information content (AvgIpc) is 2.36. The molecule has 21 heavy (non-hydrogen) atoms. The van der Waals surface area contributed by atoms with Crippen LogP contribution in [0.2, 0.25) is 0 Å². The number of halogens is 1. The maximum absolute atomic E-state index is 13.0. The van der Waals surface area contributed by atoms with E-state index in [4.69, 9.17) is 9.29 Å². The zero-order chi connectivity index (χ0) is 16.1. The molecule has 1 N–H and O–H groups in total. The summed E-state index contributed by atoms with van der Waals surface area (Å²) in [6.07, 6.45) is 1.60. The topological polar surface area (TPSA) is 63.6 Å². The van der Waals surface area contributed by atoms with E-state index in [1.165, 1.54) is 12.1 Å². The lowest BCUT2D eigenvalue weighted by molar-refractivity contribution is -0.000805. The summed E-state index contributed by atoms with van der Waals surface area (Å²) in [4.78, 5) is 0. The summed E-state index contributed by atoms with van der Waals surface area (Å²) in [5.74, 6) is -0.517. The Hall–Kier alpha value is -0.980. The van der Waals surface area contributed by atoms with Gasteiger partial charge in [-0.25, -0.2) is 4.39 Å². The molecule has 0 bridgehead atoms. The molecule has 1 aromatic carbocycles. The van der Waals surface area contributed by atoms with Crippen molar-refractivity contribution in [1.82, 2.24) is 0 Å². The van der Waals surface area contributed by atoms with Crippen molar-refractivity contribution in [2.75, 3.05) is 12.9 Å². The Kier molecular flexibility index (Phi) is 6.31. The zero-order valence-corrected chi connectivity index (χ0v) is 13.5. The van der Waals surface area contributed by atoms with Gasteiger partial charge in [-0.3, -0.25) is 4.55 Å². The quantitative estimate of drug-likeness (QED) is 0.587. The van der Waals surface area contributed by atoms with Gasteiger partial charge >= 0.3 is 0 Å². The summed E-state index contributed by atoms with van der Waals surface area (Å²) in [5, 5.41) is 0. The van der Waals surface area contributed by atoms with Crippen molar-refractivity contribution in [3.63, 3.8) is 0 Å². The highest BCUT2D eigenvalue weighted by molar-refractivity contribution is 7.85. The van der Waals surface area contributed by atoms with Gasteiger partial charge in [0.15, 0.2) is 0 Å². The largest absolute Gasteiger partial charge is 0.376 e. The van der Waals surface area contributed by atoms with Crippen molar-refractivity contribution in [3.8, 4) is 0 Å². The standard InChI is InChI=1S/C15H23FO4S/c1-15(2,10-4-5-11-21(17,18)19)14(20-3)12-6-8-13(16)9-7-12/h6-9,14H,4-5,10-11H2,1-3H3,(H,17,18,19). The van der Waals surface area contributed by atoms with Crippen LogP contribution in [0.5, 0.6) is 0 Å². The molecule has 1 unspecified atom stereocenters. The van der Waals surface area contributed by atoms with Gasteiger partial charge < -0.3 is 4.74 Å². The second-order valence-corrected chi connectivity index (χ2v) is 7.47. The van der Waals surface area contributed by atoms with Gasteiger partial charge in [-0.1, -0.05) is 32.4 Å². The highest BCUT2D eigenvalue weighted by atomic mass is 32.2. The second kappa shape index (κ2) is 7.33. The lowest BCUT2D eigenvalue weighted by atomic mass is 9.78. The maximum atomic E-state index is 13.0. The van der Waals surface area contributed by atoms with Gasteiger partial charge in [-0.05, 0) is 36.0 Å². The summed E-state index contributed by atoms with van der Waals surface area (Å²) < 4.78 is 48.6. The Balaban J connectivity index is 2.67. The first-order chi connectivity index (χ1) is 9.65. The maximum Gasteiger partial charge on any atom is 0.264 e. The van der Waals surface area contributed by atoms with E-state index < -0.39 is 10.1 Å². The monoisotopic (exact) mass is 318 g/mol. The number of hydrogen-bond donors (Lipinski definition) is 1. The van der Waals surface area contributed by atoms with Crippen LogP contribution < -0.4 is 0 Å². The molecular formula is C15H23FO4S. The minimum Gasteiger partial charge on any atom is -0.376 e. The van der Waals surface area contributed by atoms with Crippen LogP contribution in [0.1, 0.15) is 44.8 Å². The SMILES string of the molecule is COC(c1ccc(F)cc1)C(C)(C)CCCCS(=O)(=O)O. The molecule has 120 valence electrons. The zero-order valence-electron chi connectivity index (χ0n) is 12.7. The van der Waals surface area contributed by atoms with Gasteiger partial charge in [0.05, 0.1) is 11.9 Å². The number of methoxy groups -OCH3 is 1. The van der Waals surface area contributed by atoms with Gasteiger partial charge in [-0.15, -0.1) is 0 Å². The molecule has 0 heterocycles. The summed E-state index contributed by atoms with van der Waals surface area (Å²) in [5.41, 5.74) is 0.657. The van der Waals surface area contributed by atoms with Crippen molar-refractivity contribution in [1.29, 1.82) is 0 Å². The van der Waals surface area contributed by atoms with Crippen LogP contribution in [0.4, 0.5) is 4.39 Å². The van der Waals surface area contributed by atoms with Crippen molar-refractivity contribution >= 4 is 10.1 Å².